The van der Waals surface area contributed by atoms with Crippen LogP contribution in [0.1, 0.15) is 18.1 Å². The Morgan fingerprint density at radius 3 is 2.48 bits per heavy atom. The second-order valence-electron chi connectivity index (χ2n) is 5.04. The molecule has 3 rings (SSSR count). The molecule has 106 valence electrons. The zero-order valence-electron chi connectivity index (χ0n) is 12.0. The smallest absolute Gasteiger partial charge is 0.308 e. The van der Waals surface area contributed by atoms with Crippen LogP contribution in [0.2, 0.25) is 0 Å². The molecule has 0 fully saturated rings. The number of para-hydroxylation sites is 1. The molecule has 0 aliphatic carbocycles. The van der Waals surface area contributed by atoms with E-state index in [0.717, 1.165) is 11.1 Å². The normalized spacial score (nSPS) is 11.0. The number of carbonyl (C=O) groups is 1. The fraction of sp³-hybridized carbons (Fsp3) is 0.176. The second kappa shape index (κ2) is 4.74. The van der Waals surface area contributed by atoms with Crippen molar-refractivity contribution in [2.75, 3.05) is 0 Å². The summed E-state index contributed by atoms with van der Waals surface area (Å²) in [6, 6.07) is 8.62. The van der Waals surface area contributed by atoms with Crippen molar-refractivity contribution in [3.63, 3.8) is 0 Å². The molecule has 0 spiro atoms. The molecule has 3 aromatic rings. The van der Waals surface area contributed by atoms with Crippen LogP contribution in [-0.2, 0) is 4.79 Å². The first-order valence-electron chi connectivity index (χ1n) is 6.63. The van der Waals surface area contributed by atoms with E-state index in [9.17, 15) is 9.59 Å². The molecular weight excluding hydrogens is 268 g/mol. The third-order valence-electron chi connectivity index (χ3n) is 3.60. The maximum absolute atomic E-state index is 12.6. The summed E-state index contributed by atoms with van der Waals surface area (Å²) in [5.41, 5.74) is 2.66. The number of esters is 1. The number of ether oxygens (including phenoxy) is 1. The van der Waals surface area contributed by atoms with Gasteiger partial charge in [0.1, 0.15) is 5.58 Å². The van der Waals surface area contributed by atoms with Gasteiger partial charge in [0.25, 0.3) is 0 Å². The van der Waals surface area contributed by atoms with Crippen LogP contribution in [0.25, 0.3) is 21.9 Å². The Balaban J connectivity index is 2.49. The van der Waals surface area contributed by atoms with Crippen LogP contribution in [0.15, 0.2) is 39.5 Å². The van der Waals surface area contributed by atoms with Crippen molar-refractivity contribution in [3.05, 3.63) is 51.7 Å². The average Bonchev–Trinajstić information content (AvgIpc) is 2.44. The Morgan fingerprint density at radius 1 is 1.05 bits per heavy atom. The third kappa shape index (κ3) is 2.09. The van der Waals surface area contributed by atoms with Crippen LogP contribution >= 0.6 is 0 Å². The molecule has 4 heteroatoms. The molecule has 4 nitrogen and oxygen atoms in total. The third-order valence-corrected chi connectivity index (χ3v) is 3.60. The monoisotopic (exact) mass is 282 g/mol. The summed E-state index contributed by atoms with van der Waals surface area (Å²) >= 11 is 0. The van der Waals surface area contributed by atoms with Crippen molar-refractivity contribution in [1.82, 2.24) is 0 Å². The number of benzene rings is 2. The van der Waals surface area contributed by atoms with Gasteiger partial charge in [0.05, 0.1) is 10.8 Å². The number of carbonyl (C=O) groups excluding carboxylic acids is 1. The zero-order valence-corrected chi connectivity index (χ0v) is 12.0. The van der Waals surface area contributed by atoms with Gasteiger partial charge in [-0.25, -0.2) is 0 Å². The summed E-state index contributed by atoms with van der Waals surface area (Å²) < 4.78 is 11.0. The van der Waals surface area contributed by atoms with Gasteiger partial charge in [-0.2, -0.15) is 0 Å². The van der Waals surface area contributed by atoms with Gasteiger partial charge in [0, 0.05) is 6.92 Å². The van der Waals surface area contributed by atoms with Crippen molar-refractivity contribution < 1.29 is 13.9 Å². The van der Waals surface area contributed by atoms with Crippen molar-refractivity contribution in [3.8, 4) is 5.75 Å². The zero-order chi connectivity index (χ0) is 15.1. The summed E-state index contributed by atoms with van der Waals surface area (Å²) in [6.07, 6.45) is 0. The van der Waals surface area contributed by atoms with Crippen LogP contribution < -0.4 is 10.2 Å². The summed E-state index contributed by atoms with van der Waals surface area (Å²) in [5, 5.41) is 0.940. The van der Waals surface area contributed by atoms with E-state index in [1.165, 1.54) is 6.92 Å². The largest absolute Gasteiger partial charge is 0.452 e. The first kappa shape index (κ1) is 13.4. The van der Waals surface area contributed by atoms with E-state index in [1.807, 2.05) is 19.9 Å². The quantitative estimate of drug-likeness (QED) is 0.389. The summed E-state index contributed by atoms with van der Waals surface area (Å²) in [4.78, 5) is 23.8. The Bertz CT molecular complexity index is 935. The van der Waals surface area contributed by atoms with Gasteiger partial charge in [-0.1, -0.05) is 12.1 Å². The van der Waals surface area contributed by atoms with E-state index < -0.39 is 5.97 Å². The molecule has 21 heavy (non-hydrogen) atoms. The predicted molar refractivity (Wildman–Crippen MR) is 80.8 cm³/mol. The van der Waals surface area contributed by atoms with Crippen LogP contribution in [0.4, 0.5) is 0 Å². The molecule has 0 amide bonds. The maximum atomic E-state index is 12.6. The SMILES string of the molecule is CC(=O)Oc1cccc2c(=O)c3ccc(C)c(C)c3oc12. The van der Waals surface area contributed by atoms with Crippen LogP contribution in [0, 0.1) is 13.8 Å². The van der Waals surface area contributed by atoms with Crippen LogP contribution in [0.5, 0.6) is 5.75 Å². The highest BCUT2D eigenvalue weighted by Gasteiger charge is 2.14. The van der Waals surface area contributed by atoms with E-state index in [0.29, 0.717) is 21.9 Å². The van der Waals surface area contributed by atoms with Crippen LogP contribution in [-0.4, -0.2) is 5.97 Å². The number of rotatable bonds is 1. The molecule has 0 radical (unpaired) electrons. The number of fused-ring (bicyclic) bond motifs is 2. The van der Waals surface area contributed by atoms with E-state index in [4.69, 9.17) is 9.15 Å². The maximum Gasteiger partial charge on any atom is 0.308 e. The first-order valence-corrected chi connectivity index (χ1v) is 6.63. The lowest BCUT2D eigenvalue weighted by molar-refractivity contribution is -0.131. The van der Waals surface area contributed by atoms with Gasteiger partial charge in [0.2, 0.25) is 5.43 Å². The Labute approximate surface area is 120 Å². The lowest BCUT2D eigenvalue weighted by atomic mass is 10.0. The Kier molecular flexibility index (Phi) is 3.01. The van der Waals surface area contributed by atoms with E-state index in [1.54, 1.807) is 24.3 Å². The molecule has 0 aliphatic rings. The number of hydrogen-bond acceptors (Lipinski definition) is 4. The van der Waals surface area contributed by atoms with Gasteiger partial charge in [-0.15, -0.1) is 0 Å². The molecule has 0 atom stereocenters. The standard InChI is InChI=1S/C17H14O4/c1-9-7-8-13-15(19)12-5-4-6-14(20-11(3)18)17(12)21-16(13)10(9)2/h4-8H,1-3H3. The minimum absolute atomic E-state index is 0.122. The number of hydrogen-bond donors (Lipinski definition) is 0. The molecule has 1 aromatic heterocycles. The highest BCUT2D eigenvalue weighted by Crippen LogP contribution is 2.29. The highest BCUT2D eigenvalue weighted by atomic mass is 16.5. The van der Waals surface area contributed by atoms with Gasteiger partial charge >= 0.3 is 5.97 Å². The van der Waals surface area contributed by atoms with Gasteiger partial charge < -0.3 is 9.15 Å². The van der Waals surface area contributed by atoms with Crippen molar-refractivity contribution in [1.29, 1.82) is 0 Å². The summed E-state index contributed by atoms with van der Waals surface area (Å²) in [6.45, 7) is 5.17. The molecule has 0 bridgehead atoms. The molecule has 0 unspecified atom stereocenters. The summed E-state index contributed by atoms with van der Waals surface area (Å²) in [5.74, 6) is -0.189. The lowest BCUT2D eigenvalue weighted by Gasteiger charge is -2.09. The molecule has 2 aromatic carbocycles. The minimum Gasteiger partial charge on any atom is -0.452 e. The average molecular weight is 282 g/mol. The van der Waals surface area contributed by atoms with Crippen molar-refractivity contribution in [2.24, 2.45) is 0 Å². The topological polar surface area (TPSA) is 56.5 Å². The highest BCUT2D eigenvalue weighted by molar-refractivity contribution is 5.94. The van der Waals surface area contributed by atoms with Crippen molar-refractivity contribution in [2.45, 2.75) is 20.8 Å². The molecule has 0 N–H and O–H groups in total. The lowest BCUT2D eigenvalue weighted by Crippen LogP contribution is -2.06. The molecular formula is C17H14O4. The van der Waals surface area contributed by atoms with Crippen molar-refractivity contribution >= 4 is 27.9 Å². The van der Waals surface area contributed by atoms with Gasteiger partial charge in [0.15, 0.2) is 11.3 Å². The first-order chi connectivity index (χ1) is 9.99. The summed E-state index contributed by atoms with van der Waals surface area (Å²) in [7, 11) is 0. The Hall–Kier alpha value is -2.62. The predicted octanol–water partition coefficient (Wildman–Crippen LogP) is 3.49. The van der Waals surface area contributed by atoms with Gasteiger partial charge in [-0.3, -0.25) is 9.59 Å². The Morgan fingerprint density at radius 2 is 1.76 bits per heavy atom. The van der Waals surface area contributed by atoms with E-state index >= 15 is 0 Å². The van der Waals surface area contributed by atoms with E-state index in [-0.39, 0.29) is 11.2 Å². The molecule has 1 heterocycles. The molecule has 0 saturated heterocycles. The van der Waals surface area contributed by atoms with E-state index in [2.05, 4.69) is 0 Å². The second-order valence-corrected chi connectivity index (χ2v) is 5.04. The number of aryl methyl sites for hydroxylation is 2. The molecule has 0 saturated carbocycles. The van der Waals surface area contributed by atoms with Crippen LogP contribution in [0.3, 0.4) is 0 Å². The fourth-order valence-corrected chi connectivity index (χ4v) is 2.38. The van der Waals surface area contributed by atoms with Gasteiger partial charge in [-0.05, 0) is 43.2 Å². The fourth-order valence-electron chi connectivity index (χ4n) is 2.38. The minimum atomic E-state index is -0.453. The molecule has 0 aliphatic heterocycles.